The van der Waals surface area contributed by atoms with Crippen LogP contribution >= 0.6 is 0 Å². The lowest BCUT2D eigenvalue weighted by molar-refractivity contribution is 0.147. The maximum absolute atomic E-state index is 5.64. The van der Waals surface area contributed by atoms with Crippen LogP contribution in [0.4, 0.5) is 0 Å². The van der Waals surface area contributed by atoms with Gasteiger partial charge in [0.1, 0.15) is 0 Å². The highest BCUT2D eigenvalue weighted by atomic mass is 16.5. The van der Waals surface area contributed by atoms with Gasteiger partial charge in [0.25, 0.3) is 0 Å². The Morgan fingerprint density at radius 3 is 2.54 bits per heavy atom. The summed E-state index contributed by atoms with van der Waals surface area (Å²) in [5.41, 5.74) is 5.64. The molecule has 1 unspecified atom stereocenters. The molecule has 1 atom stereocenters. The van der Waals surface area contributed by atoms with Crippen molar-refractivity contribution in [3.8, 4) is 0 Å². The van der Waals surface area contributed by atoms with Crippen molar-refractivity contribution >= 4 is 0 Å². The van der Waals surface area contributed by atoms with Gasteiger partial charge in [0.05, 0.1) is 6.61 Å². The van der Waals surface area contributed by atoms with Gasteiger partial charge in [0.2, 0.25) is 0 Å². The van der Waals surface area contributed by atoms with Gasteiger partial charge in [0.15, 0.2) is 0 Å². The largest absolute Gasteiger partial charge is 0.380 e. The van der Waals surface area contributed by atoms with Crippen LogP contribution in [0.5, 0.6) is 0 Å². The Bertz CT molecular complexity index is 107. The fourth-order valence-corrected chi connectivity index (χ4v) is 1.17. The number of hydrogen-bond acceptors (Lipinski definition) is 3. The number of ether oxygens (including phenoxy) is 1. The van der Waals surface area contributed by atoms with Gasteiger partial charge in [-0.2, -0.15) is 0 Å². The summed E-state index contributed by atoms with van der Waals surface area (Å²) in [5.74, 6) is 1.24. The summed E-state index contributed by atoms with van der Waals surface area (Å²) in [6.07, 6.45) is 0. The van der Waals surface area contributed by atoms with Gasteiger partial charge in [-0.1, -0.05) is 13.8 Å². The molecule has 0 aromatic carbocycles. The van der Waals surface area contributed by atoms with Gasteiger partial charge >= 0.3 is 0 Å². The van der Waals surface area contributed by atoms with Crippen LogP contribution in [0.1, 0.15) is 20.8 Å². The highest BCUT2D eigenvalue weighted by Crippen LogP contribution is 2.06. The van der Waals surface area contributed by atoms with E-state index in [0.29, 0.717) is 11.8 Å². The molecular weight excluding hydrogens is 164 g/mol. The van der Waals surface area contributed by atoms with Crippen LogP contribution in [0.3, 0.4) is 0 Å². The van der Waals surface area contributed by atoms with Crippen molar-refractivity contribution in [1.29, 1.82) is 0 Å². The lowest BCUT2D eigenvalue weighted by Crippen LogP contribution is -2.33. The summed E-state index contributed by atoms with van der Waals surface area (Å²) < 4.78 is 5.22. The monoisotopic (exact) mass is 188 g/mol. The lowest BCUT2D eigenvalue weighted by Gasteiger charge is -2.19. The van der Waals surface area contributed by atoms with E-state index in [-0.39, 0.29) is 0 Å². The topological polar surface area (TPSA) is 47.3 Å². The average Bonchev–Trinajstić information content (AvgIpc) is 2.10. The van der Waals surface area contributed by atoms with E-state index in [1.54, 1.807) is 0 Å². The molecule has 0 aromatic heterocycles. The quantitative estimate of drug-likeness (QED) is 0.555. The Kier molecular flexibility index (Phi) is 8.40. The highest BCUT2D eigenvalue weighted by Gasteiger charge is 2.09. The SMILES string of the molecule is CCOCCNCC(CN)C(C)C. The maximum Gasteiger partial charge on any atom is 0.0590 e. The molecule has 0 aromatic rings. The Labute approximate surface area is 82.0 Å². The van der Waals surface area contributed by atoms with E-state index in [4.69, 9.17) is 10.5 Å². The van der Waals surface area contributed by atoms with Crippen LogP contribution in [0, 0.1) is 11.8 Å². The van der Waals surface area contributed by atoms with Crippen molar-refractivity contribution in [3.05, 3.63) is 0 Å². The van der Waals surface area contributed by atoms with E-state index in [9.17, 15) is 0 Å². The van der Waals surface area contributed by atoms with Crippen molar-refractivity contribution in [1.82, 2.24) is 5.32 Å². The van der Waals surface area contributed by atoms with Crippen LogP contribution in [0.2, 0.25) is 0 Å². The zero-order chi connectivity index (χ0) is 10.1. The van der Waals surface area contributed by atoms with Crippen molar-refractivity contribution in [2.24, 2.45) is 17.6 Å². The van der Waals surface area contributed by atoms with Gasteiger partial charge in [-0.3, -0.25) is 0 Å². The van der Waals surface area contributed by atoms with Gasteiger partial charge in [-0.15, -0.1) is 0 Å². The zero-order valence-corrected chi connectivity index (χ0v) is 9.18. The minimum Gasteiger partial charge on any atom is -0.380 e. The molecule has 0 aliphatic heterocycles. The van der Waals surface area contributed by atoms with E-state index >= 15 is 0 Å². The normalized spacial score (nSPS) is 13.6. The van der Waals surface area contributed by atoms with Crippen molar-refractivity contribution in [2.75, 3.05) is 32.8 Å². The molecule has 80 valence electrons. The summed E-state index contributed by atoms with van der Waals surface area (Å²) in [4.78, 5) is 0. The molecule has 0 aliphatic carbocycles. The molecule has 13 heavy (non-hydrogen) atoms. The van der Waals surface area contributed by atoms with Crippen molar-refractivity contribution in [3.63, 3.8) is 0 Å². The molecule has 3 heteroatoms. The number of rotatable bonds is 8. The van der Waals surface area contributed by atoms with E-state index in [1.165, 1.54) is 0 Å². The molecule has 3 nitrogen and oxygen atoms in total. The number of nitrogens with two attached hydrogens (primary N) is 1. The molecule has 3 N–H and O–H groups in total. The second kappa shape index (κ2) is 8.48. The van der Waals surface area contributed by atoms with Gasteiger partial charge in [-0.05, 0) is 31.8 Å². The van der Waals surface area contributed by atoms with Crippen LogP contribution in [0.25, 0.3) is 0 Å². The summed E-state index contributed by atoms with van der Waals surface area (Å²) in [6.45, 7) is 10.7. The first-order valence-corrected chi connectivity index (χ1v) is 5.20. The maximum atomic E-state index is 5.64. The lowest BCUT2D eigenvalue weighted by atomic mass is 9.96. The first kappa shape index (κ1) is 12.9. The van der Waals surface area contributed by atoms with Crippen LogP contribution < -0.4 is 11.1 Å². The number of nitrogens with one attached hydrogen (secondary N) is 1. The molecule has 0 bridgehead atoms. The minimum absolute atomic E-state index is 0.585. The molecule has 0 amide bonds. The molecule has 0 saturated heterocycles. The van der Waals surface area contributed by atoms with Gasteiger partial charge in [0, 0.05) is 13.2 Å². The molecular formula is C10H24N2O. The second-order valence-corrected chi connectivity index (χ2v) is 3.64. The zero-order valence-electron chi connectivity index (χ0n) is 9.18. The first-order valence-electron chi connectivity index (χ1n) is 5.20. The van der Waals surface area contributed by atoms with E-state index < -0.39 is 0 Å². The second-order valence-electron chi connectivity index (χ2n) is 3.64. The summed E-state index contributed by atoms with van der Waals surface area (Å²) in [7, 11) is 0. The molecule has 0 radical (unpaired) electrons. The Morgan fingerprint density at radius 2 is 2.08 bits per heavy atom. The summed E-state index contributed by atoms with van der Waals surface area (Å²) in [6, 6.07) is 0. The summed E-state index contributed by atoms with van der Waals surface area (Å²) >= 11 is 0. The Morgan fingerprint density at radius 1 is 1.38 bits per heavy atom. The van der Waals surface area contributed by atoms with Crippen molar-refractivity contribution in [2.45, 2.75) is 20.8 Å². The van der Waals surface area contributed by atoms with E-state index in [1.807, 2.05) is 6.92 Å². The molecule has 0 fully saturated rings. The van der Waals surface area contributed by atoms with E-state index in [0.717, 1.165) is 32.8 Å². The molecule has 0 rings (SSSR count). The average molecular weight is 188 g/mol. The first-order chi connectivity index (χ1) is 6.22. The Balaban J connectivity index is 3.28. The van der Waals surface area contributed by atoms with Crippen LogP contribution in [0.15, 0.2) is 0 Å². The molecule has 0 saturated carbocycles. The molecule has 0 aliphatic rings. The fourth-order valence-electron chi connectivity index (χ4n) is 1.17. The number of hydrogen-bond donors (Lipinski definition) is 2. The highest BCUT2D eigenvalue weighted by molar-refractivity contribution is 4.66. The fraction of sp³-hybridized carbons (Fsp3) is 1.00. The van der Waals surface area contributed by atoms with Gasteiger partial charge in [-0.25, -0.2) is 0 Å². The van der Waals surface area contributed by atoms with E-state index in [2.05, 4.69) is 19.2 Å². The predicted octanol–water partition coefficient (Wildman–Crippen LogP) is 0.843. The van der Waals surface area contributed by atoms with Crippen molar-refractivity contribution < 1.29 is 4.74 Å². The van der Waals surface area contributed by atoms with Gasteiger partial charge < -0.3 is 15.8 Å². The third-order valence-electron chi connectivity index (χ3n) is 2.28. The Hall–Kier alpha value is -0.120. The van der Waals surface area contributed by atoms with Crippen LogP contribution in [-0.2, 0) is 4.74 Å². The molecule has 0 spiro atoms. The minimum atomic E-state index is 0.585. The molecule has 0 heterocycles. The summed E-state index contributed by atoms with van der Waals surface area (Å²) in [5, 5.41) is 3.35. The smallest absolute Gasteiger partial charge is 0.0590 e. The van der Waals surface area contributed by atoms with Crippen LogP contribution in [-0.4, -0.2) is 32.8 Å². The third-order valence-corrected chi connectivity index (χ3v) is 2.28. The third kappa shape index (κ3) is 6.99. The predicted molar refractivity (Wildman–Crippen MR) is 56.7 cm³/mol. The standard InChI is InChI=1S/C10H24N2O/c1-4-13-6-5-12-8-10(7-11)9(2)3/h9-10,12H,4-8,11H2,1-3H3.